The maximum Gasteiger partial charge on any atom is 0.319 e. The summed E-state index contributed by atoms with van der Waals surface area (Å²) in [5.74, 6) is -1.97. The number of hydrogen-bond donors (Lipinski definition) is 4. The number of aliphatic carboxylic acids is 1. The van der Waals surface area contributed by atoms with Crippen LogP contribution in [-0.4, -0.2) is 37.8 Å². The molecule has 0 aliphatic heterocycles. The molecule has 3 aromatic rings. The van der Waals surface area contributed by atoms with Gasteiger partial charge in [-0.25, -0.2) is 13.2 Å². The maximum absolute atomic E-state index is 13.0. The molecule has 4 N–H and O–H groups in total. The first-order valence-corrected chi connectivity index (χ1v) is 12.9. The highest BCUT2D eigenvalue weighted by molar-refractivity contribution is 7.91. The molecule has 0 saturated carbocycles. The molecular formula is C26H29N3O5S. The lowest BCUT2D eigenvalue weighted by Crippen LogP contribution is -2.28. The Kier molecular flexibility index (Phi) is 8.86. The van der Waals surface area contributed by atoms with Crippen LogP contribution >= 0.6 is 0 Å². The topological polar surface area (TPSA) is 125 Å². The predicted molar refractivity (Wildman–Crippen MR) is 136 cm³/mol. The molecule has 3 aromatic carbocycles. The van der Waals surface area contributed by atoms with Gasteiger partial charge in [-0.05, 0) is 54.4 Å². The van der Waals surface area contributed by atoms with Gasteiger partial charge in [-0.15, -0.1) is 0 Å². The Bertz CT molecular complexity index is 1250. The van der Waals surface area contributed by atoms with Gasteiger partial charge in [0.05, 0.1) is 17.1 Å². The van der Waals surface area contributed by atoms with Crippen LogP contribution in [0.4, 0.5) is 16.2 Å². The number of benzene rings is 3. The van der Waals surface area contributed by atoms with Crippen LogP contribution in [0.5, 0.6) is 0 Å². The SMILES string of the molecule is CCNC(=O)Nc1cccc(CNc2ccc(S(=O)(=O)CC(CC(=O)O)c3ccccc3)cc2)c1. The first-order valence-electron chi connectivity index (χ1n) is 11.2. The van der Waals surface area contributed by atoms with Crippen molar-refractivity contribution in [3.8, 4) is 0 Å². The molecule has 184 valence electrons. The Morgan fingerprint density at radius 1 is 0.914 bits per heavy atom. The molecule has 0 radical (unpaired) electrons. The van der Waals surface area contributed by atoms with E-state index in [1.807, 2.05) is 25.1 Å². The average molecular weight is 496 g/mol. The molecule has 1 atom stereocenters. The zero-order valence-electron chi connectivity index (χ0n) is 19.4. The molecule has 0 saturated heterocycles. The molecule has 0 fully saturated rings. The Morgan fingerprint density at radius 3 is 2.29 bits per heavy atom. The molecule has 0 spiro atoms. The number of carbonyl (C=O) groups excluding carboxylic acids is 1. The third kappa shape index (κ3) is 7.86. The zero-order valence-corrected chi connectivity index (χ0v) is 20.2. The summed E-state index contributed by atoms with van der Waals surface area (Å²) >= 11 is 0. The van der Waals surface area contributed by atoms with Gasteiger partial charge in [0.1, 0.15) is 0 Å². The summed E-state index contributed by atoms with van der Waals surface area (Å²) in [5, 5.41) is 17.9. The van der Waals surface area contributed by atoms with Crippen LogP contribution in [0.15, 0.2) is 83.8 Å². The lowest BCUT2D eigenvalue weighted by Gasteiger charge is -2.16. The summed E-state index contributed by atoms with van der Waals surface area (Å²) in [6.45, 7) is 2.85. The Hall–Kier alpha value is -3.85. The molecule has 9 heteroatoms. The van der Waals surface area contributed by atoms with E-state index in [1.54, 1.807) is 48.5 Å². The number of carboxylic acids is 1. The van der Waals surface area contributed by atoms with Crippen LogP contribution in [0, 0.1) is 0 Å². The standard InChI is InChI=1S/C26H29N3O5S/c1-2-27-26(32)29-23-10-6-7-19(15-23)17-28-22-11-13-24(14-12-22)35(33,34)18-21(16-25(30)31)20-8-4-3-5-9-20/h3-15,21,28H,2,16-18H2,1H3,(H,30,31)(H2,27,29,32). The smallest absolute Gasteiger partial charge is 0.319 e. The Morgan fingerprint density at radius 2 is 1.63 bits per heavy atom. The molecule has 1 unspecified atom stereocenters. The fraction of sp³-hybridized carbons (Fsp3) is 0.231. The Balaban J connectivity index is 1.65. The van der Waals surface area contributed by atoms with E-state index in [9.17, 15) is 23.1 Å². The number of carbonyl (C=O) groups is 2. The number of hydrogen-bond acceptors (Lipinski definition) is 5. The predicted octanol–water partition coefficient (Wildman–Crippen LogP) is 4.47. The van der Waals surface area contributed by atoms with Crippen LogP contribution in [-0.2, 0) is 21.2 Å². The van der Waals surface area contributed by atoms with Crippen LogP contribution in [0.3, 0.4) is 0 Å². The van der Waals surface area contributed by atoms with E-state index < -0.39 is 21.7 Å². The number of rotatable bonds is 11. The fourth-order valence-electron chi connectivity index (χ4n) is 3.65. The third-order valence-electron chi connectivity index (χ3n) is 5.34. The van der Waals surface area contributed by atoms with Crippen molar-refractivity contribution in [3.05, 3.63) is 90.0 Å². The minimum Gasteiger partial charge on any atom is -0.481 e. The fourth-order valence-corrected chi connectivity index (χ4v) is 5.23. The first kappa shape index (κ1) is 25.8. The highest BCUT2D eigenvalue weighted by atomic mass is 32.2. The van der Waals surface area contributed by atoms with E-state index in [2.05, 4.69) is 16.0 Å². The summed E-state index contributed by atoms with van der Waals surface area (Å²) in [4.78, 5) is 23.2. The molecule has 0 aliphatic carbocycles. The van der Waals surface area contributed by atoms with Gasteiger partial charge in [-0.1, -0.05) is 42.5 Å². The number of nitrogens with one attached hydrogen (secondary N) is 3. The lowest BCUT2D eigenvalue weighted by molar-refractivity contribution is -0.137. The number of carboxylic acid groups (broad SMARTS) is 1. The van der Waals surface area contributed by atoms with Gasteiger partial charge >= 0.3 is 12.0 Å². The molecule has 0 aliphatic rings. The minimum absolute atomic E-state index is 0.141. The molecule has 3 rings (SSSR count). The van der Waals surface area contributed by atoms with Crippen molar-refractivity contribution in [2.24, 2.45) is 0 Å². The maximum atomic E-state index is 13.0. The van der Waals surface area contributed by atoms with E-state index >= 15 is 0 Å². The van der Waals surface area contributed by atoms with Crippen molar-refractivity contribution >= 4 is 33.2 Å². The van der Waals surface area contributed by atoms with E-state index in [-0.39, 0.29) is 23.1 Å². The van der Waals surface area contributed by atoms with Crippen molar-refractivity contribution in [1.29, 1.82) is 0 Å². The summed E-state index contributed by atoms with van der Waals surface area (Å²) in [5.41, 5.74) is 3.03. The van der Waals surface area contributed by atoms with Crippen LogP contribution in [0.25, 0.3) is 0 Å². The van der Waals surface area contributed by atoms with Gasteiger partial charge in [0, 0.05) is 30.4 Å². The zero-order chi connectivity index (χ0) is 25.3. The lowest BCUT2D eigenvalue weighted by atomic mass is 9.98. The van der Waals surface area contributed by atoms with E-state index in [0.29, 0.717) is 24.3 Å². The summed E-state index contributed by atoms with van der Waals surface area (Å²) in [7, 11) is -3.70. The minimum atomic E-state index is -3.70. The van der Waals surface area contributed by atoms with E-state index in [4.69, 9.17) is 0 Å². The quantitative estimate of drug-likeness (QED) is 0.311. The molecule has 2 amide bonds. The van der Waals surface area contributed by atoms with Crippen molar-refractivity contribution in [1.82, 2.24) is 5.32 Å². The molecule has 0 bridgehead atoms. The second-order valence-electron chi connectivity index (χ2n) is 8.05. The summed E-state index contributed by atoms with van der Waals surface area (Å²) in [6.07, 6.45) is -0.267. The normalized spacial score (nSPS) is 11.9. The Labute approximate surface area is 205 Å². The number of urea groups is 1. The van der Waals surface area contributed by atoms with Gasteiger partial charge in [-0.3, -0.25) is 4.79 Å². The number of anilines is 2. The number of sulfone groups is 1. The van der Waals surface area contributed by atoms with Crippen molar-refractivity contribution in [2.45, 2.75) is 30.7 Å². The highest BCUT2D eigenvalue weighted by Crippen LogP contribution is 2.26. The number of amides is 2. The van der Waals surface area contributed by atoms with Gasteiger partial charge in [0.2, 0.25) is 0 Å². The van der Waals surface area contributed by atoms with Crippen LogP contribution in [0.1, 0.15) is 30.4 Å². The van der Waals surface area contributed by atoms with Crippen molar-refractivity contribution < 1.29 is 23.1 Å². The van der Waals surface area contributed by atoms with E-state index in [0.717, 1.165) is 11.3 Å². The van der Waals surface area contributed by atoms with Crippen LogP contribution < -0.4 is 16.0 Å². The van der Waals surface area contributed by atoms with Crippen molar-refractivity contribution in [2.75, 3.05) is 22.9 Å². The van der Waals surface area contributed by atoms with Gasteiger partial charge < -0.3 is 21.1 Å². The largest absolute Gasteiger partial charge is 0.481 e. The average Bonchev–Trinajstić information content (AvgIpc) is 2.83. The highest BCUT2D eigenvalue weighted by Gasteiger charge is 2.24. The van der Waals surface area contributed by atoms with Crippen molar-refractivity contribution in [3.63, 3.8) is 0 Å². The van der Waals surface area contributed by atoms with Gasteiger partial charge in [-0.2, -0.15) is 0 Å². The van der Waals surface area contributed by atoms with Crippen LogP contribution in [0.2, 0.25) is 0 Å². The molecule has 0 heterocycles. The van der Waals surface area contributed by atoms with Gasteiger partial charge in [0.15, 0.2) is 9.84 Å². The second-order valence-corrected chi connectivity index (χ2v) is 10.1. The molecular weight excluding hydrogens is 466 g/mol. The molecule has 35 heavy (non-hydrogen) atoms. The third-order valence-corrected chi connectivity index (χ3v) is 7.18. The summed E-state index contributed by atoms with van der Waals surface area (Å²) in [6, 6.07) is 22.4. The van der Waals surface area contributed by atoms with Gasteiger partial charge in [0.25, 0.3) is 0 Å². The summed E-state index contributed by atoms with van der Waals surface area (Å²) < 4.78 is 26.0. The van der Waals surface area contributed by atoms with E-state index in [1.165, 1.54) is 12.1 Å². The first-order chi connectivity index (χ1) is 16.8. The second kappa shape index (κ2) is 12.0. The monoisotopic (exact) mass is 495 g/mol. The molecule has 0 aromatic heterocycles. The molecule has 8 nitrogen and oxygen atoms in total.